The number of hydrogen-bond donors (Lipinski definition) is 1. The summed E-state index contributed by atoms with van der Waals surface area (Å²) in [6.45, 7) is 4.28. The van der Waals surface area contributed by atoms with Gasteiger partial charge in [-0.05, 0) is 42.8 Å². The Hall–Kier alpha value is -4.85. The number of benzene rings is 3. The minimum absolute atomic E-state index is 0.0113. The number of carbonyl (C=O) groups is 2. The number of fused-ring (bicyclic) bond motifs is 1. The molecule has 0 bridgehead atoms. The average Bonchev–Trinajstić information content (AvgIpc) is 3.43. The van der Waals surface area contributed by atoms with Crippen LogP contribution >= 0.6 is 0 Å². The number of hydrogen-bond acceptors (Lipinski definition) is 8. The van der Waals surface area contributed by atoms with Crippen LogP contribution in [0.1, 0.15) is 12.5 Å². The van der Waals surface area contributed by atoms with Crippen LogP contribution in [0.4, 0.5) is 31.0 Å². The van der Waals surface area contributed by atoms with Gasteiger partial charge in [-0.1, -0.05) is 42.5 Å². The molecule has 2 fully saturated rings. The van der Waals surface area contributed by atoms with Crippen LogP contribution in [-0.4, -0.2) is 83.4 Å². The fourth-order valence-corrected chi connectivity index (χ4v) is 6.80. The third-order valence-electron chi connectivity index (χ3n) is 7.89. The number of amides is 2. The number of nitrogens with one attached hydrogen (secondary N) is 1. The first kappa shape index (κ1) is 30.2. The molecule has 3 aromatic carbocycles. The van der Waals surface area contributed by atoms with Crippen LogP contribution in [0.2, 0.25) is 0 Å². The van der Waals surface area contributed by atoms with Crippen LogP contribution < -0.4 is 19.4 Å². The van der Waals surface area contributed by atoms with E-state index < -0.39 is 34.1 Å². The number of halogens is 1. The predicted octanol–water partition coefficient (Wildman–Crippen LogP) is 3.78. The number of sulfonamides is 1. The Labute approximate surface area is 260 Å². The van der Waals surface area contributed by atoms with Gasteiger partial charge in [0.05, 0.1) is 30.2 Å². The topological polar surface area (TPSA) is 124 Å². The van der Waals surface area contributed by atoms with E-state index in [0.29, 0.717) is 49.8 Å². The summed E-state index contributed by atoms with van der Waals surface area (Å²) in [7, 11) is -3.80. The van der Waals surface area contributed by atoms with Crippen molar-refractivity contribution in [2.45, 2.75) is 24.5 Å². The first-order valence-electron chi connectivity index (χ1n) is 14.7. The molecular formula is C31H33FN6O6S. The van der Waals surface area contributed by atoms with Gasteiger partial charge in [0.2, 0.25) is 5.96 Å². The van der Waals surface area contributed by atoms with E-state index >= 15 is 4.39 Å². The van der Waals surface area contributed by atoms with E-state index in [9.17, 15) is 18.0 Å². The van der Waals surface area contributed by atoms with Crippen LogP contribution in [0.3, 0.4) is 0 Å². The fourth-order valence-electron chi connectivity index (χ4n) is 5.57. The van der Waals surface area contributed by atoms with E-state index in [0.717, 1.165) is 5.56 Å². The normalized spacial score (nSPS) is 20.1. The highest BCUT2D eigenvalue weighted by molar-refractivity contribution is 7.90. The Morgan fingerprint density at radius 3 is 2.49 bits per heavy atom. The van der Waals surface area contributed by atoms with Crippen LogP contribution in [0.5, 0.6) is 0 Å². The van der Waals surface area contributed by atoms with E-state index in [1.165, 1.54) is 17.0 Å². The highest BCUT2D eigenvalue weighted by Gasteiger charge is 2.35. The molecule has 14 heteroatoms. The van der Waals surface area contributed by atoms with E-state index in [4.69, 9.17) is 9.47 Å². The Bertz CT molecular complexity index is 1710. The van der Waals surface area contributed by atoms with Crippen molar-refractivity contribution >= 4 is 45.2 Å². The summed E-state index contributed by atoms with van der Waals surface area (Å²) in [6, 6.07) is 20.6. The largest absolute Gasteiger partial charge is 0.445 e. The number of carbonyl (C=O) groups excluding carboxylic acids is 2. The van der Waals surface area contributed by atoms with Crippen molar-refractivity contribution in [1.29, 1.82) is 0 Å². The Morgan fingerprint density at radius 1 is 1.02 bits per heavy atom. The van der Waals surface area contributed by atoms with Gasteiger partial charge < -0.3 is 24.2 Å². The third-order valence-corrected chi connectivity index (χ3v) is 9.26. The van der Waals surface area contributed by atoms with Gasteiger partial charge in [-0.3, -0.25) is 4.90 Å². The predicted molar refractivity (Wildman–Crippen MR) is 167 cm³/mol. The minimum Gasteiger partial charge on any atom is -0.445 e. The summed E-state index contributed by atoms with van der Waals surface area (Å²) >= 11 is 0. The first-order valence-corrected chi connectivity index (χ1v) is 16.1. The van der Waals surface area contributed by atoms with Crippen LogP contribution in [0.25, 0.3) is 0 Å². The lowest BCUT2D eigenvalue weighted by molar-refractivity contribution is 0.0941. The second-order valence-electron chi connectivity index (χ2n) is 10.7. The minimum atomic E-state index is -3.80. The quantitative estimate of drug-likeness (QED) is 0.416. The number of para-hydroxylation sites is 1. The number of guanidine groups is 1. The molecule has 3 heterocycles. The van der Waals surface area contributed by atoms with E-state index in [1.54, 1.807) is 40.1 Å². The van der Waals surface area contributed by atoms with Crippen LogP contribution in [0.15, 0.2) is 82.7 Å². The number of cyclic esters (lactones) is 1. The van der Waals surface area contributed by atoms with E-state index in [-0.39, 0.29) is 30.6 Å². The molecule has 1 atom stereocenters. The summed E-state index contributed by atoms with van der Waals surface area (Å²) in [5.74, 6) is -0.358. The van der Waals surface area contributed by atoms with E-state index in [2.05, 4.69) is 9.71 Å². The summed E-state index contributed by atoms with van der Waals surface area (Å²) < 4.78 is 54.2. The zero-order valence-corrected chi connectivity index (χ0v) is 25.5. The zero-order chi connectivity index (χ0) is 31.6. The number of aliphatic imine (C=N–C) groups is 1. The lowest BCUT2D eigenvalue weighted by atomic mass is 10.2. The van der Waals surface area contributed by atoms with Crippen molar-refractivity contribution in [1.82, 2.24) is 9.62 Å². The molecule has 12 nitrogen and oxygen atoms in total. The van der Waals surface area contributed by atoms with Gasteiger partial charge in [0.15, 0.2) is 0 Å². The highest BCUT2D eigenvalue weighted by Crippen LogP contribution is 2.30. The maximum absolute atomic E-state index is 15.3. The first-order chi connectivity index (χ1) is 21.7. The Balaban J connectivity index is 1.05. The average molecular weight is 637 g/mol. The van der Waals surface area contributed by atoms with Crippen LogP contribution in [-0.2, 0) is 26.1 Å². The molecule has 0 unspecified atom stereocenters. The number of ether oxygens (including phenoxy) is 2. The van der Waals surface area contributed by atoms with Gasteiger partial charge in [0, 0.05) is 32.7 Å². The second kappa shape index (κ2) is 12.6. The van der Waals surface area contributed by atoms with Gasteiger partial charge in [-0.2, -0.15) is 0 Å². The van der Waals surface area contributed by atoms with Crippen molar-refractivity contribution in [3.63, 3.8) is 0 Å². The molecule has 0 spiro atoms. The number of rotatable bonds is 7. The lowest BCUT2D eigenvalue weighted by Crippen LogP contribution is -2.49. The molecule has 3 aliphatic rings. The lowest BCUT2D eigenvalue weighted by Gasteiger charge is -2.35. The van der Waals surface area contributed by atoms with Gasteiger partial charge >= 0.3 is 12.2 Å². The van der Waals surface area contributed by atoms with Crippen molar-refractivity contribution in [2.75, 3.05) is 60.5 Å². The molecule has 0 aliphatic carbocycles. The van der Waals surface area contributed by atoms with Gasteiger partial charge in [-0.15, -0.1) is 0 Å². The smallest absolute Gasteiger partial charge is 0.414 e. The molecule has 2 saturated heterocycles. The molecule has 3 aliphatic heterocycles. The molecule has 6 rings (SSSR count). The molecule has 0 aromatic heterocycles. The zero-order valence-electron chi connectivity index (χ0n) is 24.6. The second-order valence-corrected chi connectivity index (χ2v) is 12.4. The fraction of sp³-hybridized carbons (Fsp3) is 0.323. The van der Waals surface area contributed by atoms with Crippen molar-refractivity contribution in [2.24, 2.45) is 4.99 Å². The monoisotopic (exact) mass is 636 g/mol. The van der Waals surface area contributed by atoms with Gasteiger partial charge in [-0.25, -0.2) is 32.1 Å². The van der Waals surface area contributed by atoms with Crippen molar-refractivity contribution in [3.05, 3.63) is 84.2 Å². The number of piperazine rings is 1. The summed E-state index contributed by atoms with van der Waals surface area (Å²) in [5.41, 5.74) is 2.12. The maximum atomic E-state index is 15.3. The molecule has 0 saturated carbocycles. The van der Waals surface area contributed by atoms with E-state index in [1.807, 2.05) is 42.2 Å². The maximum Gasteiger partial charge on any atom is 0.414 e. The third kappa shape index (κ3) is 6.36. The Kier molecular flexibility index (Phi) is 8.48. The van der Waals surface area contributed by atoms with Crippen LogP contribution in [0, 0.1) is 5.82 Å². The van der Waals surface area contributed by atoms with Gasteiger partial charge in [0.25, 0.3) is 10.0 Å². The summed E-state index contributed by atoms with van der Waals surface area (Å²) in [4.78, 5) is 36.3. The van der Waals surface area contributed by atoms with Crippen molar-refractivity contribution < 1.29 is 31.9 Å². The summed E-state index contributed by atoms with van der Waals surface area (Å²) in [5, 5.41) is 0. The summed E-state index contributed by atoms with van der Waals surface area (Å²) in [6.07, 6.45) is -1.71. The number of nitrogens with zero attached hydrogens (tertiary/aromatic N) is 5. The molecule has 1 N–H and O–H groups in total. The standard InChI is InChI=1S/C31H33FN6O6S/c1-2-37-27-10-6-7-11-28(27)45(41,42)34-29(37)33-19-24-20-38(31(40)44-24)23-12-13-26(25(32)18-23)35-14-16-36(17-15-35)30(39)43-21-22-8-4-3-5-9-22/h3-13,18,24H,2,14-17,19-21H2,1H3,(H,33,34)/t24-/m0/s1. The molecular weight excluding hydrogens is 603 g/mol. The molecule has 0 radical (unpaired) electrons. The molecule has 236 valence electrons. The molecule has 3 aromatic rings. The highest BCUT2D eigenvalue weighted by atomic mass is 32.2. The number of anilines is 3. The Morgan fingerprint density at radius 2 is 1.76 bits per heavy atom. The SMILES string of the molecule is CCN1C(=NC[C@H]2CN(c3ccc(N4CCN(C(=O)OCc5ccccc5)CC4)c(F)c3)C(=O)O2)NS(=O)(=O)c2ccccc21. The van der Waals surface area contributed by atoms with Gasteiger partial charge in [0.1, 0.15) is 23.4 Å². The molecule has 2 amide bonds. The van der Waals surface area contributed by atoms with Crippen molar-refractivity contribution in [3.8, 4) is 0 Å². The molecule has 45 heavy (non-hydrogen) atoms.